The van der Waals surface area contributed by atoms with Gasteiger partial charge in [0.2, 0.25) is 0 Å². The summed E-state index contributed by atoms with van der Waals surface area (Å²) in [5.41, 5.74) is 2.71. The van der Waals surface area contributed by atoms with Gasteiger partial charge in [0.25, 0.3) is 15.6 Å². The summed E-state index contributed by atoms with van der Waals surface area (Å²) < 4.78 is 34.4. The number of fused-ring (bicyclic) bond motifs is 1. The fraction of sp³-hybridized carbons (Fsp3) is 0.400. The van der Waals surface area contributed by atoms with Gasteiger partial charge < -0.3 is 4.57 Å². The number of hydrogen-bond donors (Lipinski definition) is 0. The normalized spacial score (nSPS) is 22.3. The zero-order valence-electron chi connectivity index (χ0n) is 26.6. The maximum absolute atomic E-state index is 14.6. The molecule has 0 unspecified atom stereocenters. The molecule has 1 aliphatic carbocycles. The third kappa shape index (κ3) is 5.16. The monoisotopic (exact) mass is 702 g/mol. The Kier molecular flexibility index (Phi) is 7.84. The van der Waals surface area contributed by atoms with Crippen LogP contribution < -0.4 is 5.56 Å². The second-order valence-corrected chi connectivity index (χ2v) is 16.2. The summed E-state index contributed by atoms with van der Waals surface area (Å²) in [4.78, 5) is 17.0. The summed E-state index contributed by atoms with van der Waals surface area (Å²) >= 11 is 3.72. The van der Waals surface area contributed by atoms with E-state index >= 15 is 0 Å². The van der Waals surface area contributed by atoms with Gasteiger partial charge in [-0.25, -0.2) is 12.4 Å². The van der Waals surface area contributed by atoms with E-state index in [0.29, 0.717) is 39.6 Å². The highest BCUT2D eigenvalue weighted by atomic mass is 79.9. The Labute approximate surface area is 278 Å². The van der Waals surface area contributed by atoms with Crippen molar-refractivity contribution < 1.29 is 8.42 Å². The first-order valence-electron chi connectivity index (χ1n) is 15.9. The van der Waals surface area contributed by atoms with Crippen molar-refractivity contribution in [2.24, 2.45) is 18.9 Å². The van der Waals surface area contributed by atoms with E-state index in [2.05, 4.69) is 50.9 Å². The molecule has 2 fully saturated rings. The quantitative estimate of drug-likeness (QED) is 0.201. The Balaban J connectivity index is 1.41. The summed E-state index contributed by atoms with van der Waals surface area (Å²) in [5.74, 6) is 1.96. The number of likely N-dealkylation sites (tertiary alicyclic amines) is 1. The van der Waals surface area contributed by atoms with Crippen LogP contribution in [0, 0.1) is 18.8 Å². The number of aromatic nitrogens is 5. The molecule has 2 aliphatic rings. The lowest BCUT2D eigenvalue weighted by atomic mass is 9.58. The molecule has 5 aromatic rings. The average Bonchev–Trinajstić information content (AvgIpc) is 3.62. The van der Waals surface area contributed by atoms with E-state index in [-0.39, 0.29) is 21.4 Å². The Morgan fingerprint density at radius 1 is 1.04 bits per heavy atom. The van der Waals surface area contributed by atoms with Crippen molar-refractivity contribution in [3.05, 3.63) is 105 Å². The lowest BCUT2D eigenvalue weighted by molar-refractivity contribution is 0.174. The van der Waals surface area contributed by atoms with Gasteiger partial charge in [0, 0.05) is 47.6 Å². The first-order chi connectivity index (χ1) is 22.0. The van der Waals surface area contributed by atoms with E-state index in [9.17, 15) is 13.2 Å². The van der Waals surface area contributed by atoms with Crippen LogP contribution in [0.1, 0.15) is 62.2 Å². The van der Waals surface area contributed by atoms with Crippen molar-refractivity contribution in [3.8, 4) is 5.69 Å². The van der Waals surface area contributed by atoms with Gasteiger partial charge in [0.05, 0.1) is 10.3 Å². The number of halogens is 1. The average molecular weight is 704 g/mol. The highest BCUT2D eigenvalue weighted by Gasteiger charge is 2.48. The molecule has 2 aromatic carbocycles. The first-order valence-corrected chi connectivity index (χ1v) is 18.2. The molecule has 0 radical (unpaired) electrons. The van der Waals surface area contributed by atoms with E-state index in [0.717, 1.165) is 55.7 Å². The van der Waals surface area contributed by atoms with Gasteiger partial charge in [0.1, 0.15) is 17.7 Å². The van der Waals surface area contributed by atoms with Gasteiger partial charge >= 0.3 is 0 Å². The van der Waals surface area contributed by atoms with Crippen LogP contribution in [0.4, 0.5) is 0 Å². The predicted octanol–water partition coefficient (Wildman–Crippen LogP) is 6.18. The molecule has 7 rings (SSSR count). The van der Waals surface area contributed by atoms with Crippen molar-refractivity contribution in [1.82, 2.24) is 28.2 Å². The molecule has 9 nitrogen and oxygen atoms in total. The maximum Gasteiger partial charge on any atom is 0.280 e. The van der Waals surface area contributed by atoms with Crippen molar-refractivity contribution in [2.45, 2.75) is 63.3 Å². The van der Waals surface area contributed by atoms with Gasteiger partial charge in [-0.3, -0.25) is 14.3 Å². The van der Waals surface area contributed by atoms with Crippen molar-refractivity contribution >= 4 is 36.9 Å². The molecule has 1 saturated heterocycles. The molecule has 1 aliphatic heterocycles. The largest absolute Gasteiger partial charge is 0.320 e. The molecule has 46 heavy (non-hydrogen) atoms. The number of piperidine rings is 1. The molecule has 1 atom stereocenters. The van der Waals surface area contributed by atoms with Crippen LogP contribution in [-0.2, 0) is 29.0 Å². The fourth-order valence-electron chi connectivity index (χ4n) is 7.68. The van der Waals surface area contributed by atoms with Gasteiger partial charge in [-0.15, -0.1) is 10.2 Å². The molecular formula is C35H39BrN6O3S. The second kappa shape index (κ2) is 11.6. The number of aryl methyl sites for hydroxylation is 2. The summed E-state index contributed by atoms with van der Waals surface area (Å²) in [5, 5.41) is 9.23. The Morgan fingerprint density at radius 3 is 2.48 bits per heavy atom. The van der Waals surface area contributed by atoms with Gasteiger partial charge in [0.15, 0.2) is 0 Å². The highest BCUT2D eigenvalue weighted by molar-refractivity contribution is 9.10. The zero-order valence-corrected chi connectivity index (χ0v) is 29.1. The number of pyridine rings is 1. The molecular weight excluding hydrogens is 664 g/mol. The summed E-state index contributed by atoms with van der Waals surface area (Å²) in [6, 6.07) is 16.7. The number of nitrogens with zero attached hydrogens (tertiary/aromatic N) is 6. The lowest BCUT2D eigenvalue weighted by Crippen LogP contribution is -2.43. The van der Waals surface area contributed by atoms with E-state index in [1.807, 2.05) is 42.8 Å². The van der Waals surface area contributed by atoms with Crippen LogP contribution in [0.5, 0.6) is 0 Å². The van der Waals surface area contributed by atoms with E-state index in [1.165, 1.54) is 3.97 Å². The standard InChI is InChI=1S/C35H39BrN6O3S/c1-23-10-12-29(13-11-23)46(44,45)42-28(20-40-14-6-7-24(2)19-40)16-30-31(36)21-41(33(43)32(30)42)27-9-5-8-26(15-27)35(17-25(3)18-35)34-38-37-22-39(34)4/h5,8-13,15-16,21-22,24-25H,6-7,14,17-20H2,1-4H3/t24-,25?,35?/m0/s1. The van der Waals surface area contributed by atoms with Gasteiger partial charge in [-0.2, -0.15) is 0 Å². The summed E-state index contributed by atoms with van der Waals surface area (Å²) in [7, 11) is -2.14. The predicted molar refractivity (Wildman–Crippen MR) is 183 cm³/mol. The van der Waals surface area contributed by atoms with Crippen LogP contribution in [-0.4, -0.2) is 49.7 Å². The molecule has 0 amide bonds. The minimum absolute atomic E-state index is 0.140. The highest BCUT2D eigenvalue weighted by Crippen LogP contribution is 2.51. The van der Waals surface area contributed by atoms with E-state index < -0.39 is 10.0 Å². The van der Waals surface area contributed by atoms with Gasteiger partial charge in [-0.1, -0.05) is 43.7 Å². The Bertz CT molecular complexity index is 2110. The van der Waals surface area contributed by atoms with Crippen LogP contribution in [0.2, 0.25) is 0 Å². The topological polar surface area (TPSA) is 95.0 Å². The zero-order chi connectivity index (χ0) is 32.4. The fourth-order valence-corrected chi connectivity index (χ4v) is 9.72. The summed E-state index contributed by atoms with van der Waals surface area (Å²) in [6.45, 7) is 8.60. The lowest BCUT2D eigenvalue weighted by Gasteiger charge is -2.46. The van der Waals surface area contributed by atoms with E-state index in [4.69, 9.17) is 0 Å². The van der Waals surface area contributed by atoms with Crippen LogP contribution >= 0.6 is 15.9 Å². The smallest absolute Gasteiger partial charge is 0.280 e. The number of hydrogen-bond acceptors (Lipinski definition) is 6. The molecule has 0 N–H and O–H groups in total. The third-order valence-electron chi connectivity index (χ3n) is 9.85. The second-order valence-electron chi connectivity index (χ2n) is 13.5. The maximum atomic E-state index is 14.6. The number of rotatable bonds is 7. The van der Waals surface area contributed by atoms with Gasteiger partial charge in [-0.05, 0) is 103 Å². The van der Waals surface area contributed by atoms with Crippen LogP contribution in [0.3, 0.4) is 0 Å². The van der Waals surface area contributed by atoms with Crippen LogP contribution in [0.25, 0.3) is 16.6 Å². The Hall–Kier alpha value is -3.54. The van der Waals surface area contributed by atoms with Crippen molar-refractivity contribution in [1.29, 1.82) is 0 Å². The Morgan fingerprint density at radius 2 is 1.80 bits per heavy atom. The third-order valence-corrected chi connectivity index (χ3v) is 12.2. The molecule has 0 spiro atoms. The van der Waals surface area contributed by atoms with Crippen molar-refractivity contribution in [2.75, 3.05) is 13.1 Å². The minimum Gasteiger partial charge on any atom is -0.320 e. The molecule has 0 bridgehead atoms. The van der Waals surface area contributed by atoms with E-state index in [1.54, 1.807) is 41.4 Å². The first kappa shape index (κ1) is 31.1. The molecule has 3 aromatic heterocycles. The minimum atomic E-state index is -4.10. The molecule has 11 heteroatoms. The molecule has 4 heterocycles. The van der Waals surface area contributed by atoms with Crippen LogP contribution in [0.15, 0.2) is 81.3 Å². The van der Waals surface area contributed by atoms with Crippen molar-refractivity contribution in [3.63, 3.8) is 0 Å². The number of benzene rings is 2. The molecule has 240 valence electrons. The summed E-state index contributed by atoms with van der Waals surface area (Å²) in [6.07, 6.45) is 7.57. The molecule has 1 saturated carbocycles. The SMILES string of the molecule is Cc1ccc(S(=O)(=O)n2c(CN3CCC[C@H](C)C3)cc3c(Br)cn(-c4cccc(C5(c6nncn6C)CC(C)C5)c4)c(=O)c32)cc1.